The third-order valence-corrected chi connectivity index (χ3v) is 16.3. The van der Waals surface area contributed by atoms with E-state index in [9.17, 15) is 4.79 Å². The number of rotatable bonds is 5. The Balaban J connectivity index is 1.92. The zero-order valence-electron chi connectivity index (χ0n) is 16.4. The first-order valence-electron chi connectivity index (χ1n) is 9.66. The Morgan fingerprint density at radius 2 is 1.03 bits per heavy atom. The van der Waals surface area contributed by atoms with E-state index < -0.39 is 24.8 Å². The van der Waals surface area contributed by atoms with Crippen molar-refractivity contribution >= 4 is 46.9 Å². The number of benzene rings is 4. The second-order valence-corrected chi connectivity index (χ2v) is 16.4. The molecule has 0 aliphatic rings. The number of nitrogens with two attached hydrogens (primary N) is 2. The molecule has 0 bridgehead atoms. The predicted molar refractivity (Wildman–Crippen MR) is 125 cm³/mol. The molecule has 0 aliphatic heterocycles. The molecule has 30 heavy (non-hydrogen) atoms. The predicted octanol–water partition coefficient (Wildman–Crippen LogP) is 2.67. The van der Waals surface area contributed by atoms with Crippen LogP contribution in [0.15, 0.2) is 109 Å². The number of nitrogen functional groups attached to an aromatic ring is 2. The zero-order valence-corrected chi connectivity index (χ0v) is 19.2. The average molecular weight is 501 g/mol. The van der Waals surface area contributed by atoms with E-state index in [0.29, 0.717) is 16.9 Å². The summed E-state index contributed by atoms with van der Waals surface area (Å²) < 4.78 is 9.72. The second-order valence-electron chi connectivity index (χ2n) is 7.01. The number of hydrogen-bond donors (Lipinski definition) is 2. The van der Waals surface area contributed by atoms with Gasteiger partial charge < -0.3 is 0 Å². The summed E-state index contributed by atoms with van der Waals surface area (Å²) in [5, 5.41) is 0. The molecule has 0 aliphatic carbocycles. The monoisotopic (exact) mass is 502 g/mol. The first-order chi connectivity index (χ1) is 14.6. The molecular weight excluding hydrogens is 479 g/mol. The maximum atomic E-state index is 13.4. The van der Waals surface area contributed by atoms with Crippen molar-refractivity contribution in [3.63, 3.8) is 0 Å². The van der Waals surface area contributed by atoms with Crippen LogP contribution in [0.25, 0.3) is 0 Å². The van der Waals surface area contributed by atoms with Crippen LogP contribution in [0.4, 0.5) is 11.4 Å². The second kappa shape index (κ2) is 8.63. The molecule has 5 heteroatoms. The van der Waals surface area contributed by atoms with Crippen LogP contribution >= 0.6 is 0 Å². The van der Waals surface area contributed by atoms with Crippen LogP contribution < -0.4 is 22.2 Å². The summed E-state index contributed by atoms with van der Waals surface area (Å²) in [5.41, 5.74) is 13.0. The molecule has 4 aromatic carbocycles. The van der Waals surface area contributed by atoms with Gasteiger partial charge in [0, 0.05) is 0 Å². The quantitative estimate of drug-likeness (QED) is 0.326. The molecule has 0 saturated carbocycles. The summed E-state index contributed by atoms with van der Waals surface area (Å²) in [6.45, 7) is 0. The van der Waals surface area contributed by atoms with Gasteiger partial charge >= 0.3 is 181 Å². The van der Waals surface area contributed by atoms with Crippen LogP contribution in [-0.2, 0) is 3.07 Å². The Kier molecular flexibility index (Phi) is 5.76. The summed E-state index contributed by atoms with van der Waals surface area (Å²) in [6.07, 6.45) is 0. The Morgan fingerprint density at radius 1 is 0.600 bits per heavy atom. The van der Waals surface area contributed by atoms with Crippen LogP contribution in [0.5, 0.6) is 0 Å². The number of carbonyl (C=O) groups is 1. The molecule has 0 amide bonds. The number of anilines is 2. The van der Waals surface area contributed by atoms with E-state index in [1.807, 2.05) is 54.6 Å². The SMILES string of the molecule is Nc1ccc(C(=O)[O][Sn]([c]2ccccc2)([c]2ccccc2)[c]2ccccc2)cc1N. The number of carbonyl (C=O) groups excluding carboxylic acids is 1. The van der Waals surface area contributed by atoms with Crippen molar-refractivity contribution < 1.29 is 7.87 Å². The molecule has 0 aromatic heterocycles. The van der Waals surface area contributed by atoms with E-state index >= 15 is 0 Å². The van der Waals surface area contributed by atoms with Gasteiger partial charge in [-0.1, -0.05) is 0 Å². The molecule has 0 spiro atoms. The van der Waals surface area contributed by atoms with Gasteiger partial charge in [0.1, 0.15) is 0 Å². The van der Waals surface area contributed by atoms with Crippen molar-refractivity contribution in [1.29, 1.82) is 0 Å². The first kappa shape index (κ1) is 20.0. The normalized spacial score (nSPS) is 11.1. The van der Waals surface area contributed by atoms with E-state index in [1.54, 1.807) is 18.2 Å². The molecule has 4 aromatic rings. The van der Waals surface area contributed by atoms with E-state index in [4.69, 9.17) is 14.5 Å². The fourth-order valence-electron chi connectivity index (χ4n) is 3.60. The van der Waals surface area contributed by atoms with E-state index in [-0.39, 0.29) is 0 Å². The van der Waals surface area contributed by atoms with Gasteiger partial charge in [-0.05, 0) is 0 Å². The molecule has 0 atom stereocenters. The van der Waals surface area contributed by atoms with E-state index in [0.717, 1.165) is 10.7 Å². The van der Waals surface area contributed by atoms with Crippen LogP contribution in [0.2, 0.25) is 0 Å². The summed E-state index contributed by atoms with van der Waals surface area (Å²) >= 11 is -4.14. The van der Waals surface area contributed by atoms with Crippen LogP contribution in [0.1, 0.15) is 10.4 Å². The van der Waals surface area contributed by atoms with Crippen molar-refractivity contribution in [2.75, 3.05) is 11.5 Å². The molecule has 4 N–H and O–H groups in total. The van der Waals surface area contributed by atoms with Gasteiger partial charge in [0.05, 0.1) is 0 Å². The topological polar surface area (TPSA) is 78.3 Å². The number of hydrogen-bond acceptors (Lipinski definition) is 4. The van der Waals surface area contributed by atoms with Gasteiger partial charge in [0.2, 0.25) is 0 Å². The third kappa shape index (κ3) is 3.78. The zero-order chi connectivity index (χ0) is 21.0. The van der Waals surface area contributed by atoms with E-state index in [2.05, 4.69) is 36.4 Å². The Morgan fingerprint density at radius 3 is 1.43 bits per heavy atom. The van der Waals surface area contributed by atoms with Crippen molar-refractivity contribution in [3.05, 3.63) is 115 Å². The Labute approximate surface area is 180 Å². The van der Waals surface area contributed by atoms with Crippen LogP contribution in [0.3, 0.4) is 0 Å². The van der Waals surface area contributed by atoms with Gasteiger partial charge in [-0.2, -0.15) is 0 Å². The van der Waals surface area contributed by atoms with Crippen molar-refractivity contribution in [2.45, 2.75) is 0 Å². The summed E-state index contributed by atoms with van der Waals surface area (Å²) in [6, 6.07) is 35.1. The minimum atomic E-state index is -4.14. The van der Waals surface area contributed by atoms with Gasteiger partial charge in [-0.3, -0.25) is 0 Å². The Bertz CT molecular complexity index is 1050. The molecule has 0 heterocycles. The van der Waals surface area contributed by atoms with Crippen LogP contribution in [0, 0.1) is 0 Å². The van der Waals surface area contributed by atoms with Crippen molar-refractivity contribution in [1.82, 2.24) is 0 Å². The molecule has 0 unspecified atom stereocenters. The molecule has 0 radical (unpaired) electrons. The molecule has 4 rings (SSSR count). The van der Waals surface area contributed by atoms with Gasteiger partial charge in [-0.15, -0.1) is 0 Å². The molecule has 0 saturated heterocycles. The van der Waals surface area contributed by atoms with Gasteiger partial charge in [0.15, 0.2) is 0 Å². The Hall–Kier alpha value is -3.25. The van der Waals surface area contributed by atoms with Gasteiger partial charge in [0.25, 0.3) is 0 Å². The standard InChI is InChI=1S/C7H8N2O2.3C6H5.Sn/c8-5-2-1-4(7(10)11)3-6(5)9;3*1-2-4-6-5-3-1;/h1-3H,8-9H2,(H,10,11);3*1-5H;/q;;;;+1/p-1. The summed E-state index contributed by atoms with van der Waals surface area (Å²) in [4.78, 5) is 13.4. The summed E-state index contributed by atoms with van der Waals surface area (Å²) in [7, 11) is 0. The molecular formula is C25H22N2O2Sn. The fourth-order valence-corrected chi connectivity index (χ4v) is 14.3. The first-order valence-corrected chi connectivity index (χ1v) is 15.1. The van der Waals surface area contributed by atoms with Crippen molar-refractivity contribution in [3.8, 4) is 0 Å². The van der Waals surface area contributed by atoms with Gasteiger partial charge in [-0.25, -0.2) is 0 Å². The fraction of sp³-hybridized carbons (Fsp3) is 0. The maximum absolute atomic E-state index is 13.4. The molecule has 0 fully saturated rings. The molecule has 4 nitrogen and oxygen atoms in total. The van der Waals surface area contributed by atoms with Crippen LogP contribution in [-0.4, -0.2) is 24.8 Å². The van der Waals surface area contributed by atoms with Crippen molar-refractivity contribution in [2.24, 2.45) is 0 Å². The van der Waals surface area contributed by atoms with E-state index in [1.165, 1.54) is 0 Å². The molecule has 148 valence electrons. The summed E-state index contributed by atoms with van der Waals surface area (Å²) in [5.74, 6) is -0.394. The third-order valence-electron chi connectivity index (χ3n) is 5.11. The minimum absolute atomic E-state index is 0.365. The average Bonchev–Trinajstić information content (AvgIpc) is 2.81.